The number of halogens is 3. The Balaban J connectivity index is 1.37. The first-order chi connectivity index (χ1) is 13.9. The SMILES string of the molecule is O=C(c1ccc2c(c1)OCO2)N1CCOC(COc2cccc(C(F)(F)F)c2)C1. The second-order valence-electron chi connectivity index (χ2n) is 6.65. The number of ether oxygens (including phenoxy) is 4. The van der Waals surface area contributed by atoms with Gasteiger partial charge in [0.2, 0.25) is 6.79 Å². The molecule has 0 spiro atoms. The van der Waals surface area contributed by atoms with Crippen molar-refractivity contribution in [3.63, 3.8) is 0 Å². The van der Waals surface area contributed by atoms with Crippen LogP contribution in [0.25, 0.3) is 0 Å². The minimum Gasteiger partial charge on any atom is -0.491 e. The number of hydrogen-bond acceptors (Lipinski definition) is 5. The summed E-state index contributed by atoms with van der Waals surface area (Å²) in [4.78, 5) is 14.4. The van der Waals surface area contributed by atoms with E-state index < -0.39 is 17.8 Å². The van der Waals surface area contributed by atoms with E-state index in [2.05, 4.69) is 0 Å². The molecule has 0 saturated carbocycles. The molecular formula is C20H18F3NO5. The fourth-order valence-corrected chi connectivity index (χ4v) is 3.17. The molecule has 4 rings (SSSR count). The second-order valence-corrected chi connectivity index (χ2v) is 6.65. The first-order valence-electron chi connectivity index (χ1n) is 9.01. The number of hydrogen-bond donors (Lipinski definition) is 0. The lowest BCUT2D eigenvalue weighted by atomic mass is 10.1. The van der Waals surface area contributed by atoms with Crippen LogP contribution in [-0.2, 0) is 10.9 Å². The summed E-state index contributed by atoms with van der Waals surface area (Å²) in [5.74, 6) is 1.03. The second kappa shape index (κ2) is 7.82. The van der Waals surface area contributed by atoms with Crippen LogP contribution in [0.2, 0.25) is 0 Å². The van der Waals surface area contributed by atoms with Crippen LogP contribution in [0.1, 0.15) is 15.9 Å². The Hall–Kier alpha value is -2.94. The van der Waals surface area contributed by atoms with Gasteiger partial charge in [-0.05, 0) is 36.4 Å². The zero-order valence-corrected chi connectivity index (χ0v) is 15.3. The Bertz CT molecular complexity index is 902. The molecular weight excluding hydrogens is 391 g/mol. The van der Waals surface area contributed by atoms with Crippen molar-refractivity contribution in [2.24, 2.45) is 0 Å². The van der Waals surface area contributed by atoms with Gasteiger partial charge in [-0.15, -0.1) is 0 Å². The predicted molar refractivity (Wildman–Crippen MR) is 95.1 cm³/mol. The van der Waals surface area contributed by atoms with E-state index in [0.717, 1.165) is 12.1 Å². The Morgan fingerprint density at radius 3 is 2.79 bits per heavy atom. The van der Waals surface area contributed by atoms with Crippen molar-refractivity contribution in [2.45, 2.75) is 12.3 Å². The molecule has 0 radical (unpaired) electrons. The fourth-order valence-electron chi connectivity index (χ4n) is 3.17. The summed E-state index contributed by atoms with van der Waals surface area (Å²) in [6, 6.07) is 9.65. The van der Waals surface area contributed by atoms with E-state index >= 15 is 0 Å². The largest absolute Gasteiger partial charge is 0.491 e. The summed E-state index contributed by atoms with van der Waals surface area (Å²) in [5, 5.41) is 0. The Morgan fingerprint density at radius 2 is 1.97 bits per heavy atom. The van der Waals surface area contributed by atoms with E-state index in [4.69, 9.17) is 18.9 Å². The van der Waals surface area contributed by atoms with Gasteiger partial charge in [0.1, 0.15) is 18.5 Å². The molecule has 2 aromatic rings. The van der Waals surface area contributed by atoms with Gasteiger partial charge in [-0.25, -0.2) is 0 Å². The minimum absolute atomic E-state index is 0.0340. The molecule has 1 amide bonds. The molecule has 1 unspecified atom stereocenters. The summed E-state index contributed by atoms with van der Waals surface area (Å²) in [6.45, 7) is 1.15. The summed E-state index contributed by atoms with van der Waals surface area (Å²) in [7, 11) is 0. The summed E-state index contributed by atoms with van der Waals surface area (Å²) in [5.41, 5.74) is -0.312. The topological polar surface area (TPSA) is 57.2 Å². The maximum absolute atomic E-state index is 12.8. The van der Waals surface area contributed by atoms with E-state index in [1.54, 1.807) is 23.1 Å². The van der Waals surface area contributed by atoms with Gasteiger partial charge in [0.25, 0.3) is 5.91 Å². The van der Waals surface area contributed by atoms with Gasteiger partial charge in [0.15, 0.2) is 11.5 Å². The van der Waals surface area contributed by atoms with E-state index in [0.29, 0.717) is 30.2 Å². The van der Waals surface area contributed by atoms with Crippen molar-refractivity contribution >= 4 is 5.91 Å². The van der Waals surface area contributed by atoms with Crippen molar-refractivity contribution in [3.05, 3.63) is 53.6 Å². The normalized spacial score (nSPS) is 18.6. The average Bonchev–Trinajstić information content (AvgIpc) is 3.19. The molecule has 154 valence electrons. The Morgan fingerprint density at radius 1 is 1.14 bits per heavy atom. The number of benzene rings is 2. The smallest absolute Gasteiger partial charge is 0.416 e. The lowest BCUT2D eigenvalue weighted by molar-refractivity contribution is -0.137. The molecule has 2 aliphatic heterocycles. The highest BCUT2D eigenvalue weighted by Gasteiger charge is 2.31. The van der Waals surface area contributed by atoms with Crippen LogP contribution in [0.15, 0.2) is 42.5 Å². The Labute approximate surface area is 164 Å². The highest BCUT2D eigenvalue weighted by molar-refractivity contribution is 5.95. The first kappa shape index (κ1) is 19.4. The van der Waals surface area contributed by atoms with Gasteiger partial charge in [-0.1, -0.05) is 6.07 Å². The first-order valence-corrected chi connectivity index (χ1v) is 9.01. The molecule has 2 aliphatic rings. The van der Waals surface area contributed by atoms with Crippen LogP contribution in [0, 0.1) is 0 Å². The summed E-state index contributed by atoms with van der Waals surface area (Å²) < 4.78 is 60.0. The van der Waals surface area contributed by atoms with Crippen LogP contribution in [0.5, 0.6) is 17.2 Å². The number of alkyl halides is 3. The molecule has 0 aliphatic carbocycles. The minimum atomic E-state index is -4.44. The molecule has 1 atom stereocenters. The maximum Gasteiger partial charge on any atom is 0.416 e. The molecule has 2 aromatic carbocycles. The zero-order valence-electron chi connectivity index (χ0n) is 15.3. The monoisotopic (exact) mass is 409 g/mol. The summed E-state index contributed by atoms with van der Waals surface area (Å²) >= 11 is 0. The quantitative estimate of drug-likeness (QED) is 0.775. The molecule has 1 fully saturated rings. The number of morpholine rings is 1. The standard InChI is InChI=1S/C20H18F3NO5/c21-20(22,23)14-2-1-3-15(9-14)27-11-16-10-24(6-7-26-16)19(25)13-4-5-17-18(8-13)29-12-28-17/h1-5,8-9,16H,6-7,10-12H2. The number of fused-ring (bicyclic) bond motifs is 1. The van der Waals surface area contributed by atoms with E-state index in [-0.39, 0.29) is 31.6 Å². The maximum atomic E-state index is 12.8. The molecule has 6 nitrogen and oxygen atoms in total. The van der Waals surface area contributed by atoms with Gasteiger partial charge in [0, 0.05) is 12.1 Å². The van der Waals surface area contributed by atoms with Gasteiger partial charge < -0.3 is 23.8 Å². The van der Waals surface area contributed by atoms with E-state index in [1.165, 1.54) is 12.1 Å². The number of nitrogens with zero attached hydrogens (tertiary/aromatic N) is 1. The van der Waals surface area contributed by atoms with E-state index in [1.807, 2.05) is 0 Å². The summed E-state index contributed by atoms with van der Waals surface area (Å²) in [6.07, 6.45) is -4.88. The highest BCUT2D eigenvalue weighted by Crippen LogP contribution is 2.33. The zero-order chi connectivity index (χ0) is 20.4. The molecule has 2 heterocycles. The molecule has 9 heteroatoms. The Kier molecular flexibility index (Phi) is 5.23. The van der Waals surface area contributed by atoms with Crippen molar-refractivity contribution < 1.29 is 36.9 Å². The van der Waals surface area contributed by atoms with E-state index in [9.17, 15) is 18.0 Å². The number of rotatable bonds is 4. The third-order valence-electron chi connectivity index (χ3n) is 4.64. The van der Waals surface area contributed by atoms with Gasteiger partial charge in [0.05, 0.1) is 18.7 Å². The molecule has 0 aromatic heterocycles. The third kappa shape index (κ3) is 4.40. The van der Waals surface area contributed by atoms with Crippen LogP contribution in [0.3, 0.4) is 0 Å². The van der Waals surface area contributed by atoms with Gasteiger partial charge >= 0.3 is 6.18 Å². The van der Waals surface area contributed by atoms with Crippen molar-refractivity contribution in [1.29, 1.82) is 0 Å². The van der Waals surface area contributed by atoms with Gasteiger partial charge in [-0.2, -0.15) is 13.2 Å². The predicted octanol–water partition coefficient (Wildman–Crippen LogP) is 3.35. The van der Waals surface area contributed by atoms with Crippen LogP contribution in [-0.4, -0.2) is 50.0 Å². The molecule has 29 heavy (non-hydrogen) atoms. The molecule has 0 bridgehead atoms. The molecule has 1 saturated heterocycles. The van der Waals surface area contributed by atoms with Crippen LogP contribution in [0.4, 0.5) is 13.2 Å². The van der Waals surface area contributed by atoms with Crippen molar-refractivity contribution in [1.82, 2.24) is 4.90 Å². The average molecular weight is 409 g/mol. The fraction of sp³-hybridized carbons (Fsp3) is 0.350. The molecule has 0 N–H and O–H groups in total. The number of carbonyl (C=O) groups excluding carboxylic acids is 1. The third-order valence-corrected chi connectivity index (χ3v) is 4.64. The van der Waals surface area contributed by atoms with Crippen LogP contribution >= 0.6 is 0 Å². The lowest BCUT2D eigenvalue weighted by Gasteiger charge is -2.33. The number of carbonyl (C=O) groups is 1. The van der Waals surface area contributed by atoms with Crippen LogP contribution < -0.4 is 14.2 Å². The van der Waals surface area contributed by atoms with Crippen molar-refractivity contribution in [3.8, 4) is 17.2 Å². The van der Waals surface area contributed by atoms with Gasteiger partial charge in [-0.3, -0.25) is 4.79 Å². The highest BCUT2D eigenvalue weighted by atomic mass is 19.4. The van der Waals surface area contributed by atoms with Crippen molar-refractivity contribution in [2.75, 3.05) is 33.1 Å². The number of amides is 1. The lowest BCUT2D eigenvalue weighted by Crippen LogP contribution is -2.47.